The number of hydrogen-bond acceptors (Lipinski definition) is 4. The Balaban J connectivity index is 1.34. The van der Waals surface area contributed by atoms with Crippen LogP contribution in [0.4, 0.5) is 10.5 Å². The molecule has 3 aliphatic rings. The van der Waals surface area contributed by atoms with Gasteiger partial charge in [0.15, 0.2) is 0 Å². The van der Waals surface area contributed by atoms with Crippen molar-refractivity contribution in [2.75, 3.05) is 37.7 Å². The second-order valence-corrected chi connectivity index (χ2v) is 9.97. The lowest BCUT2D eigenvalue weighted by Crippen LogP contribution is -2.53. The highest BCUT2D eigenvalue weighted by Gasteiger charge is 2.53. The van der Waals surface area contributed by atoms with Crippen molar-refractivity contribution in [1.29, 1.82) is 0 Å². The van der Waals surface area contributed by atoms with Gasteiger partial charge in [-0.05, 0) is 49.1 Å². The molecule has 6 nitrogen and oxygen atoms in total. The first-order valence-corrected chi connectivity index (χ1v) is 10.9. The topological polar surface area (TPSA) is 55.9 Å². The van der Waals surface area contributed by atoms with Gasteiger partial charge in [0.05, 0.1) is 6.67 Å². The Bertz CT molecular complexity index is 742. The highest BCUT2D eigenvalue weighted by molar-refractivity contribution is 6.07. The van der Waals surface area contributed by atoms with Crippen molar-refractivity contribution in [1.82, 2.24) is 15.1 Å². The Hall–Kier alpha value is -2.08. The van der Waals surface area contributed by atoms with E-state index in [1.54, 1.807) is 0 Å². The van der Waals surface area contributed by atoms with E-state index < -0.39 is 5.54 Å². The Kier molecular flexibility index (Phi) is 5.32. The van der Waals surface area contributed by atoms with Gasteiger partial charge in [0.2, 0.25) is 0 Å². The average molecular weight is 399 g/mol. The molecule has 2 saturated heterocycles. The first kappa shape index (κ1) is 20.2. The Morgan fingerprint density at radius 2 is 1.62 bits per heavy atom. The number of urea groups is 1. The molecule has 1 aliphatic carbocycles. The quantitative estimate of drug-likeness (QED) is 0.794. The predicted octanol–water partition coefficient (Wildman–Crippen LogP) is 3.29. The first-order valence-electron chi connectivity index (χ1n) is 10.9. The maximum Gasteiger partial charge on any atom is 0.326 e. The van der Waals surface area contributed by atoms with Gasteiger partial charge in [0.1, 0.15) is 5.54 Å². The van der Waals surface area contributed by atoms with E-state index in [0.717, 1.165) is 51.9 Å². The molecule has 3 amide bonds. The molecule has 1 spiro atoms. The lowest BCUT2D eigenvalue weighted by molar-refractivity contribution is -0.134. The normalized spacial score (nSPS) is 28.9. The van der Waals surface area contributed by atoms with Crippen molar-refractivity contribution >= 4 is 17.6 Å². The van der Waals surface area contributed by atoms with Gasteiger partial charge in [0, 0.05) is 31.9 Å². The lowest BCUT2D eigenvalue weighted by Gasteiger charge is -2.41. The van der Waals surface area contributed by atoms with E-state index in [4.69, 9.17) is 0 Å². The fraction of sp³-hybridized carbons (Fsp3) is 0.652. The third kappa shape index (κ3) is 4.00. The summed E-state index contributed by atoms with van der Waals surface area (Å²) in [6, 6.07) is 10.2. The lowest BCUT2D eigenvalue weighted by atomic mass is 9.67. The molecule has 0 unspecified atom stereocenters. The Morgan fingerprint density at radius 1 is 1.00 bits per heavy atom. The van der Waals surface area contributed by atoms with Gasteiger partial charge < -0.3 is 10.2 Å². The van der Waals surface area contributed by atoms with Crippen LogP contribution >= 0.6 is 0 Å². The average Bonchev–Trinajstić information content (AvgIpc) is 2.93. The minimum absolute atomic E-state index is 0.0136. The second-order valence-electron chi connectivity index (χ2n) is 9.97. The number of nitrogens with one attached hydrogen (secondary N) is 1. The summed E-state index contributed by atoms with van der Waals surface area (Å²) in [5.74, 6) is 0.596. The van der Waals surface area contributed by atoms with Gasteiger partial charge in [0.25, 0.3) is 5.91 Å². The maximum absolute atomic E-state index is 13.2. The van der Waals surface area contributed by atoms with Crippen molar-refractivity contribution < 1.29 is 9.59 Å². The molecular weight excluding hydrogens is 364 g/mol. The predicted molar refractivity (Wildman–Crippen MR) is 115 cm³/mol. The van der Waals surface area contributed by atoms with Crippen molar-refractivity contribution in [3.05, 3.63) is 30.3 Å². The van der Waals surface area contributed by atoms with Gasteiger partial charge in [-0.25, -0.2) is 9.69 Å². The van der Waals surface area contributed by atoms with E-state index in [2.05, 4.69) is 60.2 Å². The molecule has 0 atom stereocenters. The van der Waals surface area contributed by atoms with Crippen LogP contribution in [-0.4, -0.2) is 60.1 Å². The van der Waals surface area contributed by atoms with Crippen LogP contribution < -0.4 is 10.2 Å². The van der Waals surface area contributed by atoms with Crippen LogP contribution in [0, 0.1) is 11.3 Å². The van der Waals surface area contributed by atoms with E-state index in [0.29, 0.717) is 12.6 Å². The molecule has 2 heterocycles. The number of rotatable bonds is 3. The number of carbonyl (C=O) groups excluding carboxylic acids is 2. The van der Waals surface area contributed by atoms with Gasteiger partial charge >= 0.3 is 6.03 Å². The molecule has 1 saturated carbocycles. The number of carbonyl (C=O) groups is 2. The molecule has 2 aliphatic heterocycles. The molecule has 4 rings (SSSR count). The summed E-state index contributed by atoms with van der Waals surface area (Å²) in [5, 5.41) is 3.07. The highest BCUT2D eigenvalue weighted by atomic mass is 16.2. The summed E-state index contributed by atoms with van der Waals surface area (Å²) in [6.07, 6.45) is 3.52. The summed E-state index contributed by atoms with van der Waals surface area (Å²) in [5.41, 5.74) is 0.826. The zero-order valence-electron chi connectivity index (χ0n) is 18.0. The van der Waals surface area contributed by atoms with Gasteiger partial charge in [-0.15, -0.1) is 0 Å². The van der Waals surface area contributed by atoms with E-state index in [1.165, 1.54) is 10.6 Å². The van der Waals surface area contributed by atoms with Gasteiger partial charge in [-0.2, -0.15) is 0 Å². The third-order valence-corrected chi connectivity index (χ3v) is 7.14. The molecular formula is C23H34N4O2. The smallest absolute Gasteiger partial charge is 0.326 e. The monoisotopic (exact) mass is 398 g/mol. The number of imide groups is 1. The van der Waals surface area contributed by atoms with E-state index >= 15 is 0 Å². The fourth-order valence-corrected chi connectivity index (χ4v) is 5.11. The van der Waals surface area contributed by atoms with Crippen molar-refractivity contribution in [2.45, 2.75) is 52.0 Å². The van der Waals surface area contributed by atoms with Crippen LogP contribution in [0.5, 0.6) is 0 Å². The summed E-state index contributed by atoms with van der Waals surface area (Å²) in [7, 11) is 0. The van der Waals surface area contributed by atoms with Crippen molar-refractivity contribution in [2.24, 2.45) is 11.3 Å². The number of piperazine rings is 1. The zero-order valence-corrected chi connectivity index (χ0v) is 18.0. The van der Waals surface area contributed by atoms with Gasteiger partial charge in [-0.1, -0.05) is 39.0 Å². The number of amides is 3. The highest BCUT2D eigenvalue weighted by Crippen LogP contribution is 2.43. The zero-order chi connectivity index (χ0) is 20.6. The molecule has 3 fully saturated rings. The molecule has 1 aromatic carbocycles. The molecule has 0 aromatic heterocycles. The molecule has 158 valence electrons. The Labute approximate surface area is 174 Å². The third-order valence-electron chi connectivity index (χ3n) is 7.14. The first-order chi connectivity index (χ1) is 13.8. The number of benzene rings is 1. The number of nitrogens with zero attached hydrogens (tertiary/aromatic N) is 3. The molecule has 29 heavy (non-hydrogen) atoms. The largest absolute Gasteiger partial charge is 0.369 e. The summed E-state index contributed by atoms with van der Waals surface area (Å²) in [4.78, 5) is 31.9. The number of anilines is 1. The van der Waals surface area contributed by atoms with Crippen LogP contribution in [0.3, 0.4) is 0 Å². The van der Waals surface area contributed by atoms with Crippen LogP contribution in [-0.2, 0) is 4.79 Å². The standard InChI is InChI=1S/C23H34N4O2/c1-22(2,3)18-9-11-23(12-10-18)20(28)27(21(29)24-23)17-25-13-15-26(16-14-25)19-7-5-4-6-8-19/h4-8,18H,9-17H2,1-3H3,(H,24,29). The van der Waals surface area contributed by atoms with Crippen LogP contribution in [0.25, 0.3) is 0 Å². The summed E-state index contributed by atoms with van der Waals surface area (Å²) >= 11 is 0. The second kappa shape index (κ2) is 7.63. The molecule has 0 radical (unpaired) electrons. The number of para-hydroxylation sites is 1. The fourth-order valence-electron chi connectivity index (χ4n) is 5.11. The molecule has 1 aromatic rings. The van der Waals surface area contributed by atoms with E-state index in [9.17, 15) is 9.59 Å². The SMILES string of the molecule is CC(C)(C)C1CCC2(CC1)NC(=O)N(CN1CCN(c3ccccc3)CC1)C2=O. The summed E-state index contributed by atoms with van der Waals surface area (Å²) < 4.78 is 0. The maximum atomic E-state index is 13.2. The molecule has 1 N–H and O–H groups in total. The summed E-state index contributed by atoms with van der Waals surface area (Å²) in [6.45, 7) is 10.7. The molecule has 6 heteroatoms. The van der Waals surface area contributed by atoms with E-state index in [-0.39, 0.29) is 17.4 Å². The van der Waals surface area contributed by atoms with Gasteiger partial charge in [-0.3, -0.25) is 9.69 Å². The van der Waals surface area contributed by atoms with Crippen molar-refractivity contribution in [3.63, 3.8) is 0 Å². The van der Waals surface area contributed by atoms with Crippen LogP contribution in [0.15, 0.2) is 30.3 Å². The minimum atomic E-state index is -0.662. The Morgan fingerprint density at radius 3 is 2.21 bits per heavy atom. The minimum Gasteiger partial charge on any atom is -0.369 e. The molecule has 0 bridgehead atoms. The van der Waals surface area contributed by atoms with Crippen molar-refractivity contribution in [3.8, 4) is 0 Å². The van der Waals surface area contributed by atoms with Crippen LogP contribution in [0.1, 0.15) is 46.5 Å². The number of hydrogen-bond donors (Lipinski definition) is 1. The van der Waals surface area contributed by atoms with E-state index in [1.807, 2.05) is 6.07 Å². The van der Waals surface area contributed by atoms with Crippen LogP contribution in [0.2, 0.25) is 0 Å².